The second-order valence-electron chi connectivity index (χ2n) is 4.34. The molecule has 0 aliphatic heterocycles. The van der Waals surface area contributed by atoms with E-state index in [2.05, 4.69) is 36.7 Å². The van der Waals surface area contributed by atoms with Crippen molar-refractivity contribution in [3.63, 3.8) is 0 Å². The van der Waals surface area contributed by atoms with E-state index < -0.39 is 0 Å². The fraction of sp³-hybridized carbons (Fsp3) is 0.455. The van der Waals surface area contributed by atoms with Crippen LogP contribution in [-0.2, 0) is 5.41 Å². The summed E-state index contributed by atoms with van der Waals surface area (Å²) in [6.45, 7) is 8.14. The molecule has 72 valence electrons. The average Bonchev–Trinajstić information content (AvgIpc) is 1.97. The summed E-state index contributed by atoms with van der Waals surface area (Å²) < 4.78 is 13.9. The maximum Gasteiger partial charge on any atom is 0.137 e. The standard InChI is InChI=1S/C11H14BrF/c1-7-5-8(11(2,3)4)6-9(13)10(7)12/h5-6H,1-4H3. The van der Waals surface area contributed by atoms with E-state index in [0.29, 0.717) is 4.47 Å². The van der Waals surface area contributed by atoms with Crippen LogP contribution in [0.5, 0.6) is 0 Å². The minimum Gasteiger partial charge on any atom is -0.206 e. The number of hydrogen-bond acceptors (Lipinski definition) is 0. The molecule has 0 aliphatic carbocycles. The van der Waals surface area contributed by atoms with Gasteiger partial charge in [-0.15, -0.1) is 0 Å². The molecule has 1 aromatic carbocycles. The van der Waals surface area contributed by atoms with Gasteiger partial charge in [0.15, 0.2) is 0 Å². The monoisotopic (exact) mass is 244 g/mol. The smallest absolute Gasteiger partial charge is 0.137 e. The third-order valence-electron chi connectivity index (χ3n) is 2.08. The molecule has 0 nitrogen and oxygen atoms in total. The van der Waals surface area contributed by atoms with E-state index >= 15 is 0 Å². The van der Waals surface area contributed by atoms with E-state index in [1.807, 2.05) is 13.0 Å². The molecule has 1 aromatic rings. The van der Waals surface area contributed by atoms with Crippen molar-refractivity contribution in [3.8, 4) is 0 Å². The fourth-order valence-corrected chi connectivity index (χ4v) is 1.39. The molecular weight excluding hydrogens is 231 g/mol. The van der Waals surface area contributed by atoms with E-state index in [-0.39, 0.29) is 11.2 Å². The summed E-state index contributed by atoms with van der Waals surface area (Å²) in [5.41, 5.74) is 1.99. The highest BCUT2D eigenvalue weighted by molar-refractivity contribution is 9.10. The minimum atomic E-state index is -0.176. The zero-order valence-corrected chi connectivity index (χ0v) is 10.00. The van der Waals surface area contributed by atoms with Gasteiger partial charge in [0.2, 0.25) is 0 Å². The predicted molar refractivity (Wildman–Crippen MR) is 57.5 cm³/mol. The van der Waals surface area contributed by atoms with Crippen LogP contribution in [0.15, 0.2) is 16.6 Å². The Morgan fingerprint density at radius 2 is 1.77 bits per heavy atom. The molecule has 1 rings (SSSR count). The molecule has 0 saturated carbocycles. The molecule has 0 amide bonds. The second kappa shape index (κ2) is 3.41. The Bertz CT molecular complexity index is 300. The van der Waals surface area contributed by atoms with E-state index in [1.54, 1.807) is 6.07 Å². The molecule has 0 fully saturated rings. The van der Waals surface area contributed by atoms with Crippen molar-refractivity contribution in [3.05, 3.63) is 33.5 Å². The Morgan fingerprint density at radius 1 is 1.23 bits per heavy atom. The van der Waals surface area contributed by atoms with Gasteiger partial charge in [0.1, 0.15) is 5.82 Å². The first-order chi connectivity index (χ1) is 5.82. The van der Waals surface area contributed by atoms with Crippen LogP contribution in [0.1, 0.15) is 31.9 Å². The Hall–Kier alpha value is -0.370. The average molecular weight is 245 g/mol. The van der Waals surface area contributed by atoms with Gasteiger partial charge in [-0.05, 0) is 45.5 Å². The number of aryl methyl sites for hydroxylation is 1. The first-order valence-electron chi connectivity index (χ1n) is 4.28. The summed E-state index contributed by atoms with van der Waals surface area (Å²) in [5.74, 6) is -0.176. The van der Waals surface area contributed by atoms with Crippen molar-refractivity contribution in [2.45, 2.75) is 33.1 Å². The first kappa shape index (κ1) is 10.7. The van der Waals surface area contributed by atoms with E-state index in [9.17, 15) is 4.39 Å². The quantitative estimate of drug-likeness (QED) is 0.642. The zero-order chi connectivity index (χ0) is 10.2. The van der Waals surface area contributed by atoms with Crippen molar-refractivity contribution < 1.29 is 4.39 Å². The van der Waals surface area contributed by atoms with E-state index in [1.165, 1.54) is 0 Å². The Labute approximate surface area is 87.3 Å². The molecule has 2 heteroatoms. The zero-order valence-electron chi connectivity index (χ0n) is 8.41. The van der Waals surface area contributed by atoms with Gasteiger partial charge >= 0.3 is 0 Å². The van der Waals surface area contributed by atoms with Gasteiger partial charge in [0, 0.05) is 0 Å². The summed E-state index contributed by atoms with van der Waals surface area (Å²) in [4.78, 5) is 0. The lowest BCUT2D eigenvalue weighted by Crippen LogP contribution is -2.11. The lowest BCUT2D eigenvalue weighted by molar-refractivity contribution is 0.568. The van der Waals surface area contributed by atoms with Crippen LogP contribution >= 0.6 is 15.9 Å². The normalized spacial score (nSPS) is 11.8. The highest BCUT2D eigenvalue weighted by Gasteiger charge is 2.16. The second-order valence-corrected chi connectivity index (χ2v) is 5.13. The highest BCUT2D eigenvalue weighted by Crippen LogP contribution is 2.28. The molecule has 0 saturated heterocycles. The minimum absolute atomic E-state index is 0.00625. The van der Waals surface area contributed by atoms with Crippen molar-refractivity contribution >= 4 is 15.9 Å². The topological polar surface area (TPSA) is 0 Å². The molecular formula is C11H14BrF. The third-order valence-corrected chi connectivity index (χ3v) is 3.08. The van der Waals surface area contributed by atoms with Gasteiger partial charge in [-0.3, -0.25) is 0 Å². The fourth-order valence-electron chi connectivity index (χ4n) is 1.16. The van der Waals surface area contributed by atoms with Crippen molar-refractivity contribution in [2.75, 3.05) is 0 Å². The van der Waals surface area contributed by atoms with Crippen LogP contribution in [0.2, 0.25) is 0 Å². The number of benzene rings is 1. The lowest BCUT2D eigenvalue weighted by atomic mass is 9.86. The van der Waals surface area contributed by atoms with Crippen LogP contribution in [0, 0.1) is 12.7 Å². The van der Waals surface area contributed by atoms with Crippen molar-refractivity contribution in [2.24, 2.45) is 0 Å². The lowest BCUT2D eigenvalue weighted by Gasteiger charge is -2.20. The molecule has 0 radical (unpaired) electrons. The van der Waals surface area contributed by atoms with Gasteiger partial charge in [-0.25, -0.2) is 4.39 Å². The van der Waals surface area contributed by atoms with Gasteiger partial charge in [-0.1, -0.05) is 26.8 Å². The van der Waals surface area contributed by atoms with E-state index in [0.717, 1.165) is 11.1 Å². The summed E-state index contributed by atoms with van der Waals surface area (Å²) >= 11 is 3.20. The number of halogens is 2. The van der Waals surface area contributed by atoms with Crippen molar-refractivity contribution in [1.82, 2.24) is 0 Å². The highest BCUT2D eigenvalue weighted by atomic mass is 79.9. The van der Waals surface area contributed by atoms with Gasteiger partial charge in [0.05, 0.1) is 4.47 Å². The van der Waals surface area contributed by atoms with E-state index in [4.69, 9.17) is 0 Å². The van der Waals surface area contributed by atoms with Gasteiger partial charge in [-0.2, -0.15) is 0 Å². The molecule has 0 aromatic heterocycles. The summed E-state index contributed by atoms with van der Waals surface area (Å²) in [7, 11) is 0. The Kier molecular flexibility index (Phi) is 2.81. The van der Waals surface area contributed by atoms with Crippen LogP contribution in [0.3, 0.4) is 0 Å². The van der Waals surface area contributed by atoms with Crippen LogP contribution in [-0.4, -0.2) is 0 Å². The molecule has 0 bridgehead atoms. The molecule has 0 N–H and O–H groups in total. The van der Waals surface area contributed by atoms with Crippen LogP contribution in [0.25, 0.3) is 0 Å². The Balaban J connectivity index is 3.29. The van der Waals surface area contributed by atoms with Crippen molar-refractivity contribution in [1.29, 1.82) is 0 Å². The number of rotatable bonds is 0. The maximum atomic E-state index is 13.3. The summed E-state index contributed by atoms with van der Waals surface area (Å²) in [5, 5.41) is 0. The molecule has 0 atom stereocenters. The van der Waals surface area contributed by atoms with Crippen LogP contribution in [0.4, 0.5) is 4.39 Å². The van der Waals surface area contributed by atoms with Gasteiger partial charge in [0.25, 0.3) is 0 Å². The predicted octanol–water partition coefficient (Wildman–Crippen LogP) is 4.19. The molecule has 0 unspecified atom stereocenters. The third kappa shape index (κ3) is 2.31. The van der Waals surface area contributed by atoms with Crippen LogP contribution < -0.4 is 0 Å². The number of hydrogen-bond donors (Lipinski definition) is 0. The van der Waals surface area contributed by atoms with Gasteiger partial charge < -0.3 is 0 Å². The summed E-state index contributed by atoms with van der Waals surface area (Å²) in [6, 6.07) is 3.62. The molecule has 0 aliphatic rings. The SMILES string of the molecule is Cc1cc(C(C)(C)C)cc(F)c1Br. The first-order valence-corrected chi connectivity index (χ1v) is 5.08. The Morgan fingerprint density at radius 3 is 2.15 bits per heavy atom. The summed E-state index contributed by atoms with van der Waals surface area (Å²) in [6.07, 6.45) is 0. The molecule has 0 spiro atoms. The molecule has 0 heterocycles. The molecule has 13 heavy (non-hydrogen) atoms. The maximum absolute atomic E-state index is 13.3. The largest absolute Gasteiger partial charge is 0.206 e.